The molecule has 154 valence electrons. The molecule has 3 rings (SSSR count). The van der Waals surface area contributed by atoms with E-state index in [1.807, 2.05) is 24.3 Å². The topological polar surface area (TPSA) is 76.3 Å². The van der Waals surface area contributed by atoms with Gasteiger partial charge in [-0.25, -0.2) is 4.79 Å². The highest BCUT2D eigenvalue weighted by atomic mass is 35.5. The van der Waals surface area contributed by atoms with Crippen molar-refractivity contribution in [3.63, 3.8) is 0 Å². The van der Waals surface area contributed by atoms with E-state index in [9.17, 15) is 14.4 Å². The largest absolute Gasteiger partial charge is 0.350 e. The van der Waals surface area contributed by atoms with Crippen molar-refractivity contribution in [2.45, 2.75) is 25.4 Å². The van der Waals surface area contributed by atoms with E-state index in [1.54, 1.807) is 7.05 Å². The normalized spacial score (nSPS) is 15.7. The molecule has 0 saturated carbocycles. The van der Waals surface area contributed by atoms with Gasteiger partial charge in [0.05, 0.1) is 5.56 Å². The molecule has 0 bridgehead atoms. The molecule has 0 radical (unpaired) electrons. The number of hydrogen-bond donors (Lipinski definition) is 1. The van der Waals surface area contributed by atoms with Gasteiger partial charge in [-0.3, -0.25) is 19.1 Å². The second-order valence-electron chi connectivity index (χ2n) is 7.36. The van der Waals surface area contributed by atoms with Gasteiger partial charge in [-0.15, -0.1) is 0 Å². The summed E-state index contributed by atoms with van der Waals surface area (Å²) >= 11 is 5.92. The molecule has 2 heterocycles. The van der Waals surface area contributed by atoms with Gasteiger partial charge in [-0.2, -0.15) is 0 Å². The number of nitrogens with zero attached hydrogens (tertiary/aromatic N) is 3. The summed E-state index contributed by atoms with van der Waals surface area (Å²) in [5.41, 5.74) is 0.691. The van der Waals surface area contributed by atoms with Crippen molar-refractivity contribution in [2.24, 2.45) is 14.1 Å². The minimum Gasteiger partial charge on any atom is -0.350 e. The van der Waals surface area contributed by atoms with Crippen molar-refractivity contribution >= 4 is 23.6 Å². The van der Waals surface area contributed by atoms with Crippen LogP contribution in [0.5, 0.6) is 0 Å². The number of hydrogen-bond acceptors (Lipinski definition) is 4. The van der Waals surface area contributed by atoms with Crippen molar-refractivity contribution in [3.05, 3.63) is 73.5 Å². The molecule has 0 aliphatic carbocycles. The van der Waals surface area contributed by atoms with Gasteiger partial charge in [0, 0.05) is 57.1 Å². The Bertz CT molecular complexity index is 1020. The molecule has 1 aromatic heterocycles. The maximum absolute atomic E-state index is 12.2. The smallest absolute Gasteiger partial charge is 0.330 e. The first kappa shape index (κ1) is 21.1. The summed E-state index contributed by atoms with van der Waals surface area (Å²) in [5, 5.41) is 3.73. The van der Waals surface area contributed by atoms with Crippen LogP contribution >= 0.6 is 11.6 Å². The van der Waals surface area contributed by atoms with E-state index < -0.39 is 11.2 Å². The maximum Gasteiger partial charge on any atom is 0.330 e. The average molecular weight is 417 g/mol. The Morgan fingerprint density at radius 2 is 1.83 bits per heavy atom. The van der Waals surface area contributed by atoms with Crippen LogP contribution in [0, 0.1) is 0 Å². The standard InChI is InChI=1S/C21H25ClN4O3/c1-24-14-16(20(28)25(2)21(24)29)5-8-19(27)23-18-9-11-26(12-10-18)13-15-3-6-17(22)7-4-15/h3-8,14,18H,9-13H2,1-2H3,(H,23,27). The van der Waals surface area contributed by atoms with Crippen LogP contribution in [0.2, 0.25) is 5.02 Å². The predicted molar refractivity (Wildman–Crippen MR) is 114 cm³/mol. The maximum atomic E-state index is 12.2. The summed E-state index contributed by atoms with van der Waals surface area (Å²) in [6, 6.07) is 7.97. The van der Waals surface area contributed by atoms with Crippen molar-refractivity contribution in [1.82, 2.24) is 19.4 Å². The van der Waals surface area contributed by atoms with Crippen molar-refractivity contribution in [1.29, 1.82) is 0 Å². The zero-order valence-corrected chi connectivity index (χ0v) is 17.4. The minimum absolute atomic E-state index is 0.108. The number of piperidine rings is 1. The summed E-state index contributed by atoms with van der Waals surface area (Å²) in [5.74, 6) is -0.239. The van der Waals surface area contributed by atoms with Crippen LogP contribution in [0.15, 0.2) is 46.1 Å². The van der Waals surface area contributed by atoms with Crippen molar-refractivity contribution < 1.29 is 4.79 Å². The number of halogens is 1. The average Bonchev–Trinajstić information content (AvgIpc) is 2.71. The highest BCUT2D eigenvalue weighted by molar-refractivity contribution is 6.30. The molecule has 1 amide bonds. The monoisotopic (exact) mass is 416 g/mol. The number of rotatable bonds is 5. The molecular weight excluding hydrogens is 392 g/mol. The molecule has 8 heteroatoms. The van der Waals surface area contributed by atoms with Gasteiger partial charge in [0.15, 0.2) is 0 Å². The molecule has 1 N–H and O–H groups in total. The van der Waals surface area contributed by atoms with Crippen LogP contribution in [0.1, 0.15) is 24.0 Å². The lowest BCUT2D eigenvalue weighted by atomic mass is 10.0. The Morgan fingerprint density at radius 3 is 2.48 bits per heavy atom. The van der Waals surface area contributed by atoms with Gasteiger partial charge in [-0.05, 0) is 36.6 Å². The van der Waals surface area contributed by atoms with Crippen LogP contribution in [-0.2, 0) is 25.4 Å². The van der Waals surface area contributed by atoms with Crippen LogP contribution in [0.25, 0.3) is 6.08 Å². The molecule has 1 aliphatic rings. The molecule has 1 aromatic carbocycles. The summed E-state index contributed by atoms with van der Waals surface area (Å²) < 4.78 is 2.34. The van der Waals surface area contributed by atoms with Crippen molar-refractivity contribution in [2.75, 3.05) is 13.1 Å². The van der Waals surface area contributed by atoms with E-state index >= 15 is 0 Å². The van der Waals surface area contributed by atoms with Crippen LogP contribution < -0.4 is 16.6 Å². The molecule has 1 fully saturated rings. The van der Waals surface area contributed by atoms with Crippen LogP contribution in [-0.4, -0.2) is 39.1 Å². The van der Waals surface area contributed by atoms with E-state index in [1.165, 1.54) is 35.5 Å². The molecule has 0 atom stereocenters. The lowest BCUT2D eigenvalue weighted by molar-refractivity contribution is -0.117. The Hall–Kier alpha value is -2.64. The highest BCUT2D eigenvalue weighted by Crippen LogP contribution is 2.16. The van der Waals surface area contributed by atoms with E-state index in [0.29, 0.717) is 5.56 Å². The fourth-order valence-electron chi connectivity index (χ4n) is 3.45. The highest BCUT2D eigenvalue weighted by Gasteiger charge is 2.20. The number of carbonyl (C=O) groups is 1. The van der Waals surface area contributed by atoms with Gasteiger partial charge in [0.25, 0.3) is 5.56 Å². The molecule has 1 aliphatic heterocycles. The quantitative estimate of drug-likeness (QED) is 0.750. The second kappa shape index (κ2) is 9.24. The molecule has 2 aromatic rings. The van der Waals surface area contributed by atoms with E-state index in [-0.39, 0.29) is 11.9 Å². The van der Waals surface area contributed by atoms with Gasteiger partial charge < -0.3 is 9.88 Å². The molecule has 29 heavy (non-hydrogen) atoms. The van der Waals surface area contributed by atoms with Gasteiger partial charge >= 0.3 is 5.69 Å². The molecule has 7 nitrogen and oxygen atoms in total. The third-order valence-corrected chi connectivity index (χ3v) is 5.39. The van der Waals surface area contributed by atoms with E-state index in [2.05, 4.69) is 10.2 Å². The summed E-state index contributed by atoms with van der Waals surface area (Å²) in [7, 11) is 2.98. The second-order valence-corrected chi connectivity index (χ2v) is 7.80. The Morgan fingerprint density at radius 1 is 1.17 bits per heavy atom. The number of nitrogens with one attached hydrogen (secondary N) is 1. The van der Waals surface area contributed by atoms with Gasteiger partial charge in [0.2, 0.25) is 5.91 Å². The first-order valence-corrected chi connectivity index (χ1v) is 9.93. The molecule has 1 saturated heterocycles. The predicted octanol–water partition coefficient (Wildman–Crippen LogP) is 1.53. The number of benzene rings is 1. The number of carbonyl (C=O) groups excluding carboxylic acids is 1. The molecule has 0 spiro atoms. The first-order valence-electron chi connectivity index (χ1n) is 9.55. The van der Waals surface area contributed by atoms with Crippen LogP contribution in [0.4, 0.5) is 0 Å². The lowest BCUT2D eigenvalue weighted by Gasteiger charge is -2.32. The van der Waals surface area contributed by atoms with Gasteiger partial charge in [0.1, 0.15) is 0 Å². The zero-order chi connectivity index (χ0) is 21.0. The van der Waals surface area contributed by atoms with Crippen molar-refractivity contribution in [3.8, 4) is 0 Å². The number of aryl methyl sites for hydroxylation is 1. The fraction of sp³-hybridized carbons (Fsp3) is 0.381. The lowest BCUT2D eigenvalue weighted by Crippen LogP contribution is -2.43. The third-order valence-electron chi connectivity index (χ3n) is 5.14. The Labute approximate surface area is 174 Å². The zero-order valence-electron chi connectivity index (χ0n) is 16.6. The number of amides is 1. The SMILES string of the molecule is Cn1cc(C=CC(=O)NC2CCN(Cc3ccc(Cl)cc3)CC2)c(=O)n(C)c1=O. The van der Waals surface area contributed by atoms with Gasteiger partial charge in [-0.1, -0.05) is 23.7 Å². The third kappa shape index (κ3) is 5.46. The van der Waals surface area contributed by atoms with Crippen LogP contribution in [0.3, 0.4) is 0 Å². The first-order chi connectivity index (χ1) is 13.8. The Balaban J connectivity index is 1.51. The summed E-state index contributed by atoms with van der Waals surface area (Å²) in [6.07, 6.45) is 5.97. The summed E-state index contributed by atoms with van der Waals surface area (Å²) in [4.78, 5) is 38.4. The summed E-state index contributed by atoms with van der Waals surface area (Å²) in [6.45, 7) is 2.67. The minimum atomic E-state index is -0.423. The Kier molecular flexibility index (Phi) is 6.71. The fourth-order valence-corrected chi connectivity index (χ4v) is 3.57. The molecular formula is C21H25ClN4O3. The molecule has 0 unspecified atom stereocenters. The van der Waals surface area contributed by atoms with E-state index in [0.717, 1.165) is 42.1 Å². The van der Waals surface area contributed by atoms with E-state index in [4.69, 9.17) is 11.6 Å². The number of likely N-dealkylation sites (tertiary alicyclic amines) is 1. The number of aromatic nitrogens is 2.